The Hall–Kier alpha value is -0.120. The number of aliphatic hydroxyl groups is 1. The van der Waals surface area contributed by atoms with Crippen LogP contribution in [-0.4, -0.2) is 47.8 Å². The van der Waals surface area contributed by atoms with Gasteiger partial charge < -0.3 is 10.4 Å². The molecule has 3 heteroatoms. The molecule has 2 aliphatic heterocycles. The van der Waals surface area contributed by atoms with Crippen LogP contribution in [0.15, 0.2) is 0 Å². The summed E-state index contributed by atoms with van der Waals surface area (Å²) in [6, 6.07) is 0.675. The second-order valence-corrected chi connectivity index (χ2v) is 4.78. The Bertz CT molecular complexity index is 176. The molecule has 2 aliphatic rings. The van der Waals surface area contributed by atoms with Gasteiger partial charge in [0.2, 0.25) is 0 Å². The van der Waals surface area contributed by atoms with Crippen LogP contribution < -0.4 is 5.32 Å². The van der Waals surface area contributed by atoms with Gasteiger partial charge in [0.05, 0.1) is 5.60 Å². The highest BCUT2D eigenvalue weighted by Gasteiger charge is 2.32. The van der Waals surface area contributed by atoms with E-state index in [0.717, 1.165) is 26.1 Å². The Balaban J connectivity index is 1.77. The largest absolute Gasteiger partial charge is 0.389 e. The molecule has 2 atom stereocenters. The molecule has 0 aromatic heterocycles. The minimum atomic E-state index is -0.432. The first-order valence-electron chi connectivity index (χ1n) is 5.34. The van der Waals surface area contributed by atoms with Crippen molar-refractivity contribution in [2.24, 2.45) is 0 Å². The molecule has 2 rings (SSSR count). The predicted molar refractivity (Wildman–Crippen MR) is 52.7 cm³/mol. The summed E-state index contributed by atoms with van der Waals surface area (Å²) in [5, 5.41) is 13.3. The van der Waals surface area contributed by atoms with Gasteiger partial charge in [-0.2, -0.15) is 0 Å². The molecule has 0 radical (unpaired) electrons. The van der Waals surface area contributed by atoms with E-state index in [1.807, 2.05) is 6.92 Å². The second kappa shape index (κ2) is 3.56. The Morgan fingerprint density at radius 2 is 2.46 bits per heavy atom. The van der Waals surface area contributed by atoms with Gasteiger partial charge in [-0.15, -0.1) is 0 Å². The first-order chi connectivity index (χ1) is 6.16. The van der Waals surface area contributed by atoms with Crippen LogP contribution in [0.1, 0.15) is 26.2 Å². The zero-order valence-electron chi connectivity index (χ0n) is 8.42. The fourth-order valence-corrected chi connectivity index (χ4v) is 2.42. The summed E-state index contributed by atoms with van der Waals surface area (Å²) in [4.78, 5) is 2.38. The van der Waals surface area contributed by atoms with Gasteiger partial charge in [0.25, 0.3) is 0 Å². The molecule has 2 unspecified atom stereocenters. The van der Waals surface area contributed by atoms with Gasteiger partial charge in [0.15, 0.2) is 0 Å². The molecule has 0 aliphatic carbocycles. The molecule has 3 nitrogen and oxygen atoms in total. The highest BCUT2D eigenvalue weighted by Crippen LogP contribution is 2.21. The molecule has 0 saturated carbocycles. The normalized spacial score (nSPS) is 41.5. The van der Waals surface area contributed by atoms with Crippen LogP contribution in [0, 0.1) is 0 Å². The lowest BCUT2D eigenvalue weighted by atomic mass is 10.1. The molecule has 2 N–H and O–H groups in total. The van der Waals surface area contributed by atoms with Crippen LogP contribution in [0.5, 0.6) is 0 Å². The molecule has 0 bridgehead atoms. The van der Waals surface area contributed by atoms with E-state index in [1.54, 1.807) is 0 Å². The van der Waals surface area contributed by atoms with E-state index < -0.39 is 5.60 Å². The molecular formula is C10H20N2O. The summed E-state index contributed by atoms with van der Waals surface area (Å²) in [6.07, 6.45) is 3.55. The Labute approximate surface area is 80.1 Å². The summed E-state index contributed by atoms with van der Waals surface area (Å²) in [5.41, 5.74) is -0.432. The monoisotopic (exact) mass is 184 g/mol. The summed E-state index contributed by atoms with van der Waals surface area (Å²) >= 11 is 0. The molecular weight excluding hydrogens is 164 g/mol. The molecule has 13 heavy (non-hydrogen) atoms. The molecule has 0 aromatic rings. The molecule has 2 saturated heterocycles. The van der Waals surface area contributed by atoms with E-state index in [9.17, 15) is 5.11 Å². The average Bonchev–Trinajstić information content (AvgIpc) is 2.61. The fraction of sp³-hybridized carbons (Fsp3) is 1.00. The predicted octanol–water partition coefficient (Wildman–Crippen LogP) is 0.195. The number of hydrogen-bond donors (Lipinski definition) is 2. The zero-order chi connectivity index (χ0) is 9.31. The highest BCUT2D eigenvalue weighted by molar-refractivity contribution is 4.88. The smallest absolute Gasteiger partial charge is 0.0758 e. The lowest BCUT2D eigenvalue weighted by molar-refractivity contribution is 0.0678. The van der Waals surface area contributed by atoms with E-state index in [4.69, 9.17) is 0 Å². The van der Waals surface area contributed by atoms with E-state index >= 15 is 0 Å². The van der Waals surface area contributed by atoms with E-state index in [-0.39, 0.29) is 0 Å². The Kier molecular flexibility index (Phi) is 2.58. The van der Waals surface area contributed by atoms with Crippen molar-refractivity contribution in [2.45, 2.75) is 37.8 Å². The van der Waals surface area contributed by atoms with Gasteiger partial charge in [-0.05, 0) is 32.7 Å². The van der Waals surface area contributed by atoms with Crippen molar-refractivity contribution in [1.29, 1.82) is 0 Å². The van der Waals surface area contributed by atoms with Crippen LogP contribution in [-0.2, 0) is 0 Å². The van der Waals surface area contributed by atoms with Crippen LogP contribution in [0.3, 0.4) is 0 Å². The molecule has 0 aromatic carbocycles. The van der Waals surface area contributed by atoms with Crippen molar-refractivity contribution < 1.29 is 5.11 Å². The third-order valence-corrected chi connectivity index (χ3v) is 3.17. The lowest BCUT2D eigenvalue weighted by Crippen LogP contribution is -2.38. The molecule has 0 spiro atoms. The van der Waals surface area contributed by atoms with Crippen molar-refractivity contribution in [1.82, 2.24) is 10.2 Å². The summed E-state index contributed by atoms with van der Waals surface area (Å²) < 4.78 is 0. The molecule has 0 amide bonds. The standard InChI is InChI=1S/C10H20N2O/c1-10(13)4-6-12(8-10)7-9-3-2-5-11-9/h9,11,13H,2-8H2,1H3. The summed E-state index contributed by atoms with van der Waals surface area (Å²) in [5.74, 6) is 0. The Morgan fingerprint density at radius 1 is 1.62 bits per heavy atom. The van der Waals surface area contributed by atoms with Crippen LogP contribution >= 0.6 is 0 Å². The third kappa shape index (κ3) is 2.42. The summed E-state index contributed by atoms with van der Waals surface area (Å²) in [6.45, 7) is 6.15. The fourth-order valence-electron chi connectivity index (χ4n) is 2.42. The molecule has 76 valence electrons. The Morgan fingerprint density at radius 3 is 3.00 bits per heavy atom. The average molecular weight is 184 g/mol. The third-order valence-electron chi connectivity index (χ3n) is 3.17. The van der Waals surface area contributed by atoms with Gasteiger partial charge in [-0.25, -0.2) is 0 Å². The van der Waals surface area contributed by atoms with Crippen molar-refractivity contribution >= 4 is 0 Å². The summed E-state index contributed by atoms with van der Waals surface area (Å²) in [7, 11) is 0. The van der Waals surface area contributed by atoms with Crippen LogP contribution in [0.2, 0.25) is 0 Å². The minimum absolute atomic E-state index is 0.432. The van der Waals surface area contributed by atoms with Crippen LogP contribution in [0.4, 0.5) is 0 Å². The van der Waals surface area contributed by atoms with Gasteiger partial charge in [0.1, 0.15) is 0 Å². The maximum atomic E-state index is 9.78. The highest BCUT2D eigenvalue weighted by atomic mass is 16.3. The maximum absolute atomic E-state index is 9.78. The second-order valence-electron chi connectivity index (χ2n) is 4.78. The molecule has 2 fully saturated rings. The molecule has 2 heterocycles. The SMILES string of the molecule is CC1(O)CCN(CC2CCCN2)C1. The minimum Gasteiger partial charge on any atom is -0.389 e. The number of β-amino-alcohol motifs (C(OH)–C–C–N with tert-alkyl or cyclic N) is 1. The van der Waals surface area contributed by atoms with Gasteiger partial charge in [-0.3, -0.25) is 4.90 Å². The number of nitrogens with zero attached hydrogens (tertiary/aromatic N) is 1. The quantitative estimate of drug-likeness (QED) is 0.643. The van der Waals surface area contributed by atoms with Crippen LogP contribution in [0.25, 0.3) is 0 Å². The van der Waals surface area contributed by atoms with E-state index in [0.29, 0.717) is 6.04 Å². The number of likely N-dealkylation sites (tertiary alicyclic amines) is 1. The van der Waals surface area contributed by atoms with Crippen molar-refractivity contribution in [3.05, 3.63) is 0 Å². The van der Waals surface area contributed by atoms with Crippen molar-refractivity contribution in [3.63, 3.8) is 0 Å². The lowest BCUT2D eigenvalue weighted by Gasteiger charge is -2.21. The topological polar surface area (TPSA) is 35.5 Å². The maximum Gasteiger partial charge on any atom is 0.0758 e. The number of hydrogen-bond acceptors (Lipinski definition) is 3. The van der Waals surface area contributed by atoms with Gasteiger partial charge in [0, 0.05) is 25.7 Å². The first kappa shape index (κ1) is 9.44. The number of nitrogens with one attached hydrogen (secondary N) is 1. The van der Waals surface area contributed by atoms with Gasteiger partial charge in [-0.1, -0.05) is 0 Å². The van der Waals surface area contributed by atoms with Gasteiger partial charge >= 0.3 is 0 Å². The first-order valence-corrected chi connectivity index (χ1v) is 5.34. The van der Waals surface area contributed by atoms with Crippen molar-refractivity contribution in [3.8, 4) is 0 Å². The van der Waals surface area contributed by atoms with E-state index in [2.05, 4.69) is 10.2 Å². The van der Waals surface area contributed by atoms with E-state index in [1.165, 1.54) is 19.4 Å². The van der Waals surface area contributed by atoms with Crippen molar-refractivity contribution in [2.75, 3.05) is 26.2 Å². The zero-order valence-corrected chi connectivity index (χ0v) is 8.42. The number of rotatable bonds is 2.